The van der Waals surface area contributed by atoms with Crippen molar-refractivity contribution >= 4 is 5.91 Å². The first-order valence-corrected chi connectivity index (χ1v) is 10.3. The Morgan fingerprint density at radius 2 is 1.45 bits per heavy atom. The van der Waals surface area contributed by atoms with Crippen molar-refractivity contribution in [2.24, 2.45) is 5.92 Å². The molecule has 0 saturated heterocycles. The molecular formula is C26H27NO2. The summed E-state index contributed by atoms with van der Waals surface area (Å²) in [5, 5.41) is 3.33. The number of ether oxygens (including phenoxy) is 1. The zero-order valence-electron chi connectivity index (χ0n) is 17.2. The first-order valence-electron chi connectivity index (χ1n) is 10.3. The fraction of sp³-hybridized carbons (Fsp3) is 0.269. The van der Waals surface area contributed by atoms with Gasteiger partial charge in [-0.15, -0.1) is 0 Å². The van der Waals surface area contributed by atoms with E-state index in [0.29, 0.717) is 0 Å². The van der Waals surface area contributed by atoms with Crippen LogP contribution in [0.5, 0.6) is 11.5 Å². The highest BCUT2D eigenvalue weighted by molar-refractivity contribution is 5.90. The van der Waals surface area contributed by atoms with E-state index in [-0.39, 0.29) is 23.8 Å². The van der Waals surface area contributed by atoms with Gasteiger partial charge in [0.05, 0.1) is 12.0 Å². The lowest BCUT2D eigenvalue weighted by atomic mass is 9.86. The van der Waals surface area contributed by atoms with Gasteiger partial charge in [-0.3, -0.25) is 4.79 Å². The molecule has 0 unspecified atom stereocenters. The van der Waals surface area contributed by atoms with Crippen LogP contribution in [0.4, 0.5) is 0 Å². The van der Waals surface area contributed by atoms with E-state index in [1.54, 1.807) is 0 Å². The number of hydrogen-bond acceptors (Lipinski definition) is 2. The number of aryl methyl sites for hydroxylation is 1. The van der Waals surface area contributed by atoms with Crippen LogP contribution in [0.3, 0.4) is 0 Å². The van der Waals surface area contributed by atoms with Gasteiger partial charge in [-0.2, -0.15) is 0 Å². The number of fused-ring (bicyclic) bond motifs is 2. The number of para-hydroxylation sites is 2. The maximum absolute atomic E-state index is 13.6. The largest absolute Gasteiger partial charge is 0.457 e. The lowest BCUT2D eigenvalue weighted by molar-refractivity contribution is -0.122. The second-order valence-corrected chi connectivity index (χ2v) is 7.94. The van der Waals surface area contributed by atoms with Gasteiger partial charge in [-0.25, -0.2) is 0 Å². The van der Waals surface area contributed by atoms with E-state index in [1.165, 1.54) is 5.56 Å². The van der Waals surface area contributed by atoms with Crippen LogP contribution in [0, 0.1) is 5.92 Å². The van der Waals surface area contributed by atoms with Crippen molar-refractivity contribution in [3.05, 3.63) is 95.1 Å². The highest BCUT2D eigenvalue weighted by atomic mass is 16.5. The van der Waals surface area contributed by atoms with Gasteiger partial charge in [-0.05, 0) is 35.6 Å². The Labute approximate surface area is 172 Å². The van der Waals surface area contributed by atoms with E-state index in [2.05, 4.69) is 50.4 Å². The Bertz CT molecular complexity index is 962. The van der Waals surface area contributed by atoms with Crippen LogP contribution in [0.25, 0.3) is 0 Å². The zero-order valence-corrected chi connectivity index (χ0v) is 17.2. The summed E-state index contributed by atoms with van der Waals surface area (Å²) in [6.07, 6.45) is 1.01. The molecule has 1 N–H and O–H groups in total. The molecule has 0 fully saturated rings. The van der Waals surface area contributed by atoms with Crippen molar-refractivity contribution in [1.82, 2.24) is 5.32 Å². The number of carbonyl (C=O) groups is 1. The van der Waals surface area contributed by atoms with Gasteiger partial charge >= 0.3 is 0 Å². The summed E-state index contributed by atoms with van der Waals surface area (Å²) < 4.78 is 6.04. The average Bonchev–Trinajstić information content (AvgIpc) is 2.75. The quantitative estimate of drug-likeness (QED) is 0.585. The molecule has 0 radical (unpaired) electrons. The number of carbonyl (C=O) groups excluding carboxylic acids is 1. The second-order valence-electron chi connectivity index (χ2n) is 7.94. The Morgan fingerprint density at radius 1 is 0.897 bits per heavy atom. The number of nitrogens with one attached hydrogen (secondary N) is 1. The highest BCUT2D eigenvalue weighted by Gasteiger charge is 2.34. The third-order valence-electron chi connectivity index (χ3n) is 5.65. The fourth-order valence-electron chi connectivity index (χ4n) is 4.02. The third kappa shape index (κ3) is 3.77. The molecule has 1 amide bonds. The van der Waals surface area contributed by atoms with Crippen LogP contribution >= 0.6 is 0 Å². The summed E-state index contributed by atoms with van der Waals surface area (Å²) in [5.41, 5.74) is 4.26. The zero-order chi connectivity index (χ0) is 20.4. The predicted molar refractivity (Wildman–Crippen MR) is 116 cm³/mol. The highest BCUT2D eigenvalue weighted by Crippen LogP contribution is 2.44. The van der Waals surface area contributed by atoms with Crippen molar-refractivity contribution in [1.29, 1.82) is 0 Å². The van der Waals surface area contributed by atoms with E-state index in [1.807, 2.05) is 48.5 Å². The van der Waals surface area contributed by atoms with Gasteiger partial charge < -0.3 is 10.1 Å². The van der Waals surface area contributed by atoms with E-state index in [9.17, 15) is 4.79 Å². The topological polar surface area (TPSA) is 38.3 Å². The molecule has 0 bridgehead atoms. The molecule has 29 heavy (non-hydrogen) atoms. The number of rotatable bonds is 5. The maximum Gasteiger partial charge on any atom is 0.232 e. The minimum Gasteiger partial charge on any atom is -0.457 e. The first-order chi connectivity index (χ1) is 14.1. The van der Waals surface area contributed by atoms with Crippen molar-refractivity contribution in [2.45, 2.75) is 39.2 Å². The standard InChI is InChI=1S/C26H27NO2/c1-4-18-13-15-19(16-14-18)25(17(2)3)27-26(28)24-20-9-5-7-11-22(20)29-23-12-8-6-10-21(23)24/h5-17,24-25H,4H2,1-3H3,(H,27,28)/t25-/m1/s1. The molecule has 3 nitrogen and oxygen atoms in total. The SMILES string of the molecule is CCc1ccc([C@H](NC(=O)C2c3ccccc3Oc3ccccc32)C(C)C)cc1. The number of benzene rings is 3. The average molecular weight is 386 g/mol. The fourth-order valence-corrected chi connectivity index (χ4v) is 4.02. The van der Waals surface area contributed by atoms with Crippen LogP contribution in [0.2, 0.25) is 0 Å². The second kappa shape index (κ2) is 8.12. The smallest absolute Gasteiger partial charge is 0.232 e. The molecule has 1 aliphatic heterocycles. The molecule has 3 aromatic carbocycles. The monoisotopic (exact) mass is 385 g/mol. The van der Waals surface area contributed by atoms with Crippen LogP contribution in [-0.4, -0.2) is 5.91 Å². The van der Waals surface area contributed by atoms with Crippen LogP contribution in [0.1, 0.15) is 55.0 Å². The molecule has 0 spiro atoms. The molecule has 0 saturated carbocycles. The van der Waals surface area contributed by atoms with Gasteiger partial charge in [0.25, 0.3) is 0 Å². The van der Waals surface area contributed by atoms with Gasteiger partial charge in [0.15, 0.2) is 0 Å². The molecule has 3 heteroatoms. The lowest BCUT2D eigenvalue weighted by Gasteiger charge is -2.30. The first kappa shape index (κ1) is 19.3. The molecule has 1 heterocycles. The van der Waals surface area contributed by atoms with Crippen LogP contribution in [0.15, 0.2) is 72.8 Å². The third-order valence-corrected chi connectivity index (χ3v) is 5.65. The van der Waals surface area contributed by atoms with Crippen molar-refractivity contribution in [2.75, 3.05) is 0 Å². The molecule has 148 valence electrons. The van der Waals surface area contributed by atoms with E-state index >= 15 is 0 Å². The molecule has 3 aromatic rings. The Balaban J connectivity index is 1.68. The van der Waals surface area contributed by atoms with Gasteiger partial charge in [0, 0.05) is 11.1 Å². The van der Waals surface area contributed by atoms with Crippen molar-refractivity contribution in [3.8, 4) is 11.5 Å². The summed E-state index contributed by atoms with van der Waals surface area (Å²) in [6.45, 7) is 6.44. The molecule has 1 aliphatic rings. The summed E-state index contributed by atoms with van der Waals surface area (Å²) >= 11 is 0. The van der Waals surface area contributed by atoms with Gasteiger partial charge in [0.1, 0.15) is 11.5 Å². The Morgan fingerprint density at radius 3 is 1.97 bits per heavy atom. The number of hydrogen-bond donors (Lipinski definition) is 1. The Hall–Kier alpha value is -3.07. The molecular weight excluding hydrogens is 358 g/mol. The van der Waals surface area contributed by atoms with Crippen LogP contribution < -0.4 is 10.1 Å². The minimum absolute atomic E-state index is 0.00599. The van der Waals surface area contributed by atoms with Gasteiger partial charge in [-0.1, -0.05) is 81.4 Å². The molecule has 1 atom stereocenters. The predicted octanol–water partition coefficient (Wildman–Crippen LogP) is 6.00. The maximum atomic E-state index is 13.6. The summed E-state index contributed by atoms with van der Waals surface area (Å²) in [7, 11) is 0. The molecule has 0 aromatic heterocycles. The van der Waals surface area contributed by atoms with E-state index in [4.69, 9.17) is 4.74 Å². The van der Waals surface area contributed by atoms with Crippen molar-refractivity contribution in [3.63, 3.8) is 0 Å². The Kier molecular flexibility index (Phi) is 5.39. The summed E-state index contributed by atoms with van der Waals surface area (Å²) in [4.78, 5) is 13.6. The van der Waals surface area contributed by atoms with Gasteiger partial charge in [0.2, 0.25) is 5.91 Å². The minimum atomic E-state index is -0.382. The summed E-state index contributed by atoms with van der Waals surface area (Å²) in [5.74, 6) is 1.40. The molecule has 4 rings (SSSR count). The lowest BCUT2D eigenvalue weighted by Crippen LogP contribution is -2.36. The van der Waals surface area contributed by atoms with Crippen LogP contribution in [-0.2, 0) is 11.2 Å². The van der Waals surface area contributed by atoms with E-state index in [0.717, 1.165) is 34.6 Å². The van der Waals surface area contributed by atoms with E-state index < -0.39 is 0 Å². The normalized spacial score (nSPS) is 13.9. The van der Waals surface area contributed by atoms with Crippen molar-refractivity contribution < 1.29 is 9.53 Å². The summed E-state index contributed by atoms with van der Waals surface area (Å²) in [6, 6.07) is 24.1. The molecule has 0 aliphatic carbocycles. The number of amides is 1.